The molecular formula is C11H16Cl2N2. The maximum absolute atomic E-state index is 6.03. The van der Waals surface area contributed by atoms with Crippen molar-refractivity contribution in [2.45, 2.75) is 19.4 Å². The Morgan fingerprint density at radius 1 is 1.20 bits per heavy atom. The monoisotopic (exact) mass is 246 g/mol. The molecule has 0 aliphatic carbocycles. The summed E-state index contributed by atoms with van der Waals surface area (Å²) in [5.41, 5.74) is 6.48. The smallest absolute Gasteiger partial charge is 0.0465 e. The summed E-state index contributed by atoms with van der Waals surface area (Å²) in [6.45, 7) is 2.50. The summed E-state index contributed by atoms with van der Waals surface area (Å²) in [4.78, 5) is 0. The summed E-state index contributed by atoms with van der Waals surface area (Å²) < 4.78 is 0. The first-order valence-corrected chi connectivity index (χ1v) is 5.84. The molecule has 15 heavy (non-hydrogen) atoms. The molecule has 0 fully saturated rings. The Labute approximate surface area is 101 Å². The van der Waals surface area contributed by atoms with Crippen LogP contribution in [0.2, 0.25) is 10.0 Å². The van der Waals surface area contributed by atoms with Crippen molar-refractivity contribution in [2.24, 2.45) is 5.73 Å². The van der Waals surface area contributed by atoms with E-state index in [0.717, 1.165) is 38.0 Å². The average Bonchev–Trinajstić information content (AvgIpc) is 2.20. The highest BCUT2D eigenvalue weighted by Gasteiger charge is 2.00. The van der Waals surface area contributed by atoms with E-state index in [4.69, 9.17) is 28.9 Å². The summed E-state index contributed by atoms with van der Waals surface area (Å²) >= 11 is 11.8. The minimum absolute atomic E-state index is 0.673. The molecule has 0 radical (unpaired) electrons. The molecule has 0 aliphatic heterocycles. The molecule has 0 bridgehead atoms. The van der Waals surface area contributed by atoms with Crippen LogP contribution in [0.4, 0.5) is 0 Å². The Balaban J connectivity index is 2.31. The van der Waals surface area contributed by atoms with Crippen molar-refractivity contribution in [3.63, 3.8) is 0 Å². The Hall–Kier alpha value is -0.280. The minimum atomic E-state index is 0.673. The lowest BCUT2D eigenvalue weighted by Gasteiger charge is -2.06. The van der Waals surface area contributed by atoms with Gasteiger partial charge in [0.15, 0.2) is 0 Å². The van der Waals surface area contributed by atoms with Gasteiger partial charge in [-0.05, 0) is 43.6 Å². The lowest BCUT2D eigenvalue weighted by molar-refractivity contribution is 0.627. The molecule has 0 aliphatic rings. The van der Waals surface area contributed by atoms with E-state index in [1.165, 1.54) is 0 Å². The second-order valence-corrected chi connectivity index (χ2v) is 4.25. The molecule has 3 N–H and O–H groups in total. The maximum Gasteiger partial charge on any atom is 0.0465 e. The summed E-state index contributed by atoms with van der Waals surface area (Å²) in [5, 5.41) is 4.70. The molecule has 1 aromatic rings. The van der Waals surface area contributed by atoms with E-state index in [1.807, 2.05) is 12.1 Å². The van der Waals surface area contributed by atoms with Gasteiger partial charge in [0.1, 0.15) is 0 Å². The number of hydrogen-bond acceptors (Lipinski definition) is 2. The van der Waals surface area contributed by atoms with Crippen molar-refractivity contribution in [1.82, 2.24) is 5.32 Å². The van der Waals surface area contributed by atoms with Crippen molar-refractivity contribution in [2.75, 3.05) is 13.1 Å². The fraction of sp³-hybridized carbons (Fsp3) is 0.455. The fourth-order valence-electron chi connectivity index (χ4n) is 1.28. The van der Waals surface area contributed by atoms with E-state index < -0.39 is 0 Å². The van der Waals surface area contributed by atoms with E-state index in [0.29, 0.717) is 10.0 Å². The van der Waals surface area contributed by atoms with Crippen LogP contribution < -0.4 is 11.1 Å². The van der Waals surface area contributed by atoms with Crippen molar-refractivity contribution in [3.8, 4) is 0 Å². The van der Waals surface area contributed by atoms with E-state index in [2.05, 4.69) is 5.32 Å². The molecule has 0 spiro atoms. The molecule has 1 rings (SSSR count). The van der Waals surface area contributed by atoms with Gasteiger partial charge in [0.2, 0.25) is 0 Å². The average molecular weight is 247 g/mol. The Morgan fingerprint density at radius 2 is 2.00 bits per heavy atom. The predicted molar refractivity (Wildman–Crippen MR) is 66.5 cm³/mol. The first-order chi connectivity index (χ1) is 7.24. The number of rotatable bonds is 6. The first kappa shape index (κ1) is 12.8. The maximum atomic E-state index is 6.03. The third-order valence-corrected chi connectivity index (χ3v) is 2.73. The van der Waals surface area contributed by atoms with E-state index >= 15 is 0 Å². The molecular weight excluding hydrogens is 231 g/mol. The molecule has 0 amide bonds. The molecule has 0 saturated heterocycles. The van der Waals surface area contributed by atoms with Crippen LogP contribution in [0.1, 0.15) is 18.4 Å². The van der Waals surface area contributed by atoms with Crippen molar-refractivity contribution < 1.29 is 0 Å². The van der Waals surface area contributed by atoms with Gasteiger partial charge in [-0.1, -0.05) is 29.3 Å². The second kappa shape index (κ2) is 7.07. The van der Waals surface area contributed by atoms with Gasteiger partial charge in [-0.15, -0.1) is 0 Å². The molecule has 1 aromatic carbocycles. The zero-order chi connectivity index (χ0) is 11.1. The molecule has 4 heteroatoms. The highest BCUT2D eigenvalue weighted by Crippen LogP contribution is 2.20. The largest absolute Gasteiger partial charge is 0.330 e. The van der Waals surface area contributed by atoms with Crippen LogP contribution in [0, 0.1) is 0 Å². The Bertz CT molecular complexity index is 303. The third kappa shape index (κ3) is 4.85. The highest BCUT2D eigenvalue weighted by atomic mass is 35.5. The number of hydrogen-bond donors (Lipinski definition) is 2. The molecule has 0 aromatic heterocycles. The molecule has 0 heterocycles. The number of benzene rings is 1. The summed E-state index contributed by atoms with van der Waals surface area (Å²) in [5.74, 6) is 0. The van der Waals surface area contributed by atoms with Crippen molar-refractivity contribution in [3.05, 3.63) is 33.8 Å². The normalized spacial score (nSPS) is 10.6. The lowest BCUT2D eigenvalue weighted by atomic mass is 10.2. The van der Waals surface area contributed by atoms with Gasteiger partial charge in [0.05, 0.1) is 0 Å². The van der Waals surface area contributed by atoms with Gasteiger partial charge >= 0.3 is 0 Å². The minimum Gasteiger partial charge on any atom is -0.330 e. The number of nitrogens with one attached hydrogen (secondary N) is 1. The molecule has 84 valence electrons. The van der Waals surface area contributed by atoms with Gasteiger partial charge in [-0.2, -0.15) is 0 Å². The highest BCUT2D eigenvalue weighted by molar-refractivity contribution is 6.35. The van der Waals surface area contributed by atoms with E-state index in [-0.39, 0.29) is 0 Å². The van der Waals surface area contributed by atoms with Crippen LogP contribution in [0.5, 0.6) is 0 Å². The molecule has 0 atom stereocenters. The van der Waals surface area contributed by atoms with Gasteiger partial charge < -0.3 is 11.1 Å². The zero-order valence-corrected chi connectivity index (χ0v) is 10.1. The zero-order valence-electron chi connectivity index (χ0n) is 8.60. The number of halogens is 2. The third-order valence-electron chi connectivity index (χ3n) is 2.14. The molecule has 0 saturated carbocycles. The molecule has 0 unspecified atom stereocenters. The van der Waals surface area contributed by atoms with Crippen molar-refractivity contribution >= 4 is 23.2 Å². The van der Waals surface area contributed by atoms with Gasteiger partial charge in [0.25, 0.3) is 0 Å². The standard InChI is InChI=1S/C11H16Cl2N2/c12-10-4-3-9(11(13)7-10)8-15-6-2-1-5-14/h3-4,7,15H,1-2,5-6,8,14H2. The van der Waals surface area contributed by atoms with Crippen LogP contribution in [-0.2, 0) is 6.54 Å². The summed E-state index contributed by atoms with van der Waals surface area (Å²) in [7, 11) is 0. The van der Waals surface area contributed by atoms with Gasteiger partial charge in [0, 0.05) is 16.6 Å². The van der Waals surface area contributed by atoms with Crippen molar-refractivity contribution in [1.29, 1.82) is 0 Å². The fourth-order valence-corrected chi connectivity index (χ4v) is 1.76. The topological polar surface area (TPSA) is 38.0 Å². The summed E-state index contributed by atoms with van der Waals surface area (Å²) in [6.07, 6.45) is 2.16. The summed E-state index contributed by atoms with van der Waals surface area (Å²) in [6, 6.07) is 5.56. The quantitative estimate of drug-likeness (QED) is 0.758. The van der Waals surface area contributed by atoms with Crippen LogP contribution >= 0.6 is 23.2 Å². The number of unbranched alkanes of at least 4 members (excludes halogenated alkanes) is 1. The lowest BCUT2D eigenvalue weighted by Crippen LogP contribution is -2.16. The molecule has 2 nitrogen and oxygen atoms in total. The first-order valence-electron chi connectivity index (χ1n) is 5.08. The SMILES string of the molecule is NCCCCNCc1ccc(Cl)cc1Cl. The Kier molecular flexibility index (Phi) is 6.03. The second-order valence-electron chi connectivity index (χ2n) is 3.41. The van der Waals surface area contributed by atoms with Crippen LogP contribution in [0.3, 0.4) is 0 Å². The van der Waals surface area contributed by atoms with E-state index in [1.54, 1.807) is 6.07 Å². The predicted octanol–water partition coefficient (Wildman–Crippen LogP) is 2.82. The van der Waals surface area contributed by atoms with Crippen LogP contribution in [0.15, 0.2) is 18.2 Å². The number of nitrogens with two attached hydrogens (primary N) is 1. The van der Waals surface area contributed by atoms with E-state index in [9.17, 15) is 0 Å². The van der Waals surface area contributed by atoms with Gasteiger partial charge in [-0.3, -0.25) is 0 Å². The van der Waals surface area contributed by atoms with Gasteiger partial charge in [-0.25, -0.2) is 0 Å². The van der Waals surface area contributed by atoms with Crippen LogP contribution in [0.25, 0.3) is 0 Å². The van der Waals surface area contributed by atoms with Crippen LogP contribution in [-0.4, -0.2) is 13.1 Å². The Morgan fingerprint density at radius 3 is 2.67 bits per heavy atom.